The lowest BCUT2D eigenvalue weighted by Crippen LogP contribution is -2.63. The van der Waals surface area contributed by atoms with Gasteiger partial charge in [-0.05, 0) is 19.3 Å². The van der Waals surface area contributed by atoms with E-state index in [1.54, 1.807) is 0 Å². The van der Waals surface area contributed by atoms with Crippen molar-refractivity contribution in [1.29, 1.82) is 21.2 Å². The Hall–Kier alpha value is -2.10. The maximum Gasteiger partial charge on any atom is 0.217 e. The molecule has 3 rings (SSSR count). The second-order valence-electron chi connectivity index (χ2n) is 6.74. The van der Waals surface area contributed by atoms with E-state index in [0.717, 1.165) is 25.7 Å². The van der Waals surface area contributed by atoms with Crippen LogP contribution in [0.3, 0.4) is 0 Å². The fourth-order valence-corrected chi connectivity index (χ4v) is 4.62. The van der Waals surface area contributed by atoms with Gasteiger partial charge in [0.1, 0.15) is 0 Å². The normalized spacial score (nSPS) is 40.2. The van der Waals surface area contributed by atoms with E-state index in [1.807, 2.05) is 6.92 Å². The molecule has 0 amide bonds. The minimum Gasteiger partial charge on any atom is -0.447 e. The molecule has 2 heterocycles. The summed E-state index contributed by atoms with van der Waals surface area (Å²) in [6.45, 7) is 2.03. The largest absolute Gasteiger partial charge is 0.447 e. The van der Waals surface area contributed by atoms with E-state index in [0.29, 0.717) is 19.3 Å². The van der Waals surface area contributed by atoms with Gasteiger partial charge < -0.3 is 9.47 Å². The molecule has 0 aromatic heterocycles. The van der Waals surface area contributed by atoms with Crippen LogP contribution < -0.4 is 0 Å². The van der Waals surface area contributed by atoms with Gasteiger partial charge in [-0.2, -0.15) is 15.8 Å². The third-order valence-corrected chi connectivity index (χ3v) is 5.75. The fraction of sp³-hybridized carbons (Fsp3) is 0.765. The Morgan fingerprint density at radius 3 is 2.57 bits per heavy atom. The molecule has 1 N–H and O–H groups in total. The summed E-state index contributed by atoms with van der Waals surface area (Å²) < 4.78 is 12.0. The number of nitriles is 3. The zero-order chi connectivity index (χ0) is 16.7. The Morgan fingerprint density at radius 1 is 1.22 bits per heavy atom. The van der Waals surface area contributed by atoms with Gasteiger partial charge in [-0.25, -0.2) is 0 Å². The Labute approximate surface area is 136 Å². The molecule has 6 nitrogen and oxygen atoms in total. The first-order chi connectivity index (χ1) is 11.1. The van der Waals surface area contributed by atoms with Gasteiger partial charge in [0, 0.05) is 6.42 Å². The van der Waals surface area contributed by atoms with Gasteiger partial charge in [0.25, 0.3) is 0 Å². The predicted molar refractivity (Wildman–Crippen MR) is 79.6 cm³/mol. The van der Waals surface area contributed by atoms with Gasteiger partial charge in [-0.1, -0.05) is 26.2 Å². The van der Waals surface area contributed by atoms with Crippen molar-refractivity contribution in [2.45, 2.75) is 63.8 Å². The summed E-state index contributed by atoms with van der Waals surface area (Å²) in [7, 11) is 0. The molecule has 0 aromatic carbocycles. The molecule has 0 aromatic rings. The van der Waals surface area contributed by atoms with Crippen LogP contribution >= 0.6 is 0 Å². The van der Waals surface area contributed by atoms with E-state index in [4.69, 9.17) is 14.9 Å². The molecule has 6 heteroatoms. The fourth-order valence-electron chi connectivity index (χ4n) is 4.62. The van der Waals surface area contributed by atoms with Gasteiger partial charge in [0.15, 0.2) is 10.8 Å². The third-order valence-electron chi connectivity index (χ3n) is 5.75. The second-order valence-corrected chi connectivity index (χ2v) is 6.74. The number of unbranched alkanes of at least 4 members (excludes halogenated alkanes) is 1. The SMILES string of the molecule is CCCC[C@H]1O[C@@]23CCCC[C@H]2[C@@](C#N)(C(=N)O3)C1(C#N)C#N. The van der Waals surface area contributed by atoms with E-state index >= 15 is 0 Å². The van der Waals surface area contributed by atoms with Gasteiger partial charge >= 0.3 is 0 Å². The minimum atomic E-state index is -1.68. The lowest BCUT2D eigenvalue weighted by atomic mass is 9.51. The van der Waals surface area contributed by atoms with Crippen LogP contribution in [0, 0.1) is 56.2 Å². The van der Waals surface area contributed by atoms with E-state index in [-0.39, 0.29) is 5.90 Å². The van der Waals surface area contributed by atoms with Crippen molar-refractivity contribution >= 4 is 5.90 Å². The summed E-state index contributed by atoms with van der Waals surface area (Å²) in [5.41, 5.74) is -3.20. The second kappa shape index (κ2) is 5.22. The highest BCUT2D eigenvalue weighted by molar-refractivity contribution is 5.89. The van der Waals surface area contributed by atoms with E-state index in [2.05, 4.69) is 18.2 Å². The Bertz CT molecular complexity index is 641. The van der Waals surface area contributed by atoms with Crippen molar-refractivity contribution in [2.75, 3.05) is 0 Å². The molecule has 2 saturated heterocycles. The average molecular weight is 312 g/mol. The molecular formula is C17H20N4O2. The third kappa shape index (κ3) is 1.66. The highest BCUT2D eigenvalue weighted by atomic mass is 16.7. The standard InChI is InChI=1S/C17H20N4O2/c1-2-3-7-13-15(9-18,10-19)16(11-20)12-6-4-5-8-17(12,22-13)23-14(16)21/h12-13,21H,2-8H2,1H3/t12-,13+,16-,17+/m0/s1. The lowest BCUT2D eigenvalue weighted by Gasteiger charge is -2.51. The lowest BCUT2D eigenvalue weighted by molar-refractivity contribution is -0.292. The van der Waals surface area contributed by atoms with Crippen LogP contribution in [0.5, 0.6) is 0 Å². The molecule has 4 atom stereocenters. The van der Waals surface area contributed by atoms with Gasteiger partial charge in [0.2, 0.25) is 11.7 Å². The van der Waals surface area contributed by atoms with Crippen LogP contribution in [-0.4, -0.2) is 17.8 Å². The van der Waals surface area contributed by atoms with Crippen LogP contribution in [0.1, 0.15) is 51.9 Å². The molecule has 120 valence electrons. The summed E-state index contributed by atoms with van der Waals surface area (Å²) in [4.78, 5) is 0. The molecule has 0 radical (unpaired) electrons. The first-order valence-corrected chi connectivity index (χ1v) is 8.26. The monoisotopic (exact) mass is 312 g/mol. The number of hydrogen-bond donors (Lipinski definition) is 1. The van der Waals surface area contributed by atoms with Gasteiger partial charge in [-0.15, -0.1) is 0 Å². The summed E-state index contributed by atoms with van der Waals surface area (Å²) in [6, 6.07) is 6.33. The molecule has 1 saturated carbocycles. The van der Waals surface area contributed by atoms with Crippen LogP contribution in [0.15, 0.2) is 0 Å². The van der Waals surface area contributed by atoms with Crippen molar-refractivity contribution in [3.8, 4) is 18.2 Å². The zero-order valence-corrected chi connectivity index (χ0v) is 13.3. The Morgan fingerprint density at radius 2 is 1.96 bits per heavy atom. The number of rotatable bonds is 3. The van der Waals surface area contributed by atoms with Crippen molar-refractivity contribution in [2.24, 2.45) is 16.7 Å². The molecule has 0 unspecified atom stereocenters. The smallest absolute Gasteiger partial charge is 0.217 e. The van der Waals surface area contributed by atoms with Gasteiger partial charge in [0.05, 0.1) is 30.2 Å². The first kappa shape index (κ1) is 15.8. The number of nitrogens with zero attached hydrogens (tertiary/aromatic N) is 3. The van der Waals surface area contributed by atoms with Crippen molar-refractivity contribution < 1.29 is 9.47 Å². The van der Waals surface area contributed by atoms with Crippen LogP contribution in [0.2, 0.25) is 0 Å². The van der Waals surface area contributed by atoms with E-state index in [1.165, 1.54) is 0 Å². The quantitative estimate of drug-likeness (QED) is 0.860. The first-order valence-electron chi connectivity index (χ1n) is 8.26. The maximum atomic E-state index is 9.99. The topological polar surface area (TPSA) is 114 Å². The Balaban J connectivity index is 2.20. The van der Waals surface area contributed by atoms with Crippen LogP contribution in [0.25, 0.3) is 0 Å². The van der Waals surface area contributed by atoms with Crippen molar-refractivity contribution in [1.82, 2.24) is 0 Å². The van der Waals surface area contributed by atoms with Crippen molar-refractivity contribution in [3.63, 3.8) is 0 Å². The van der Waals surface area contributed by atoms with Gasteiger partial charge in [-0.3, -0.25) is 5.41 Å². The van der Waals surface area contributed by atoms with E-state index < -0.39 is 28.6 Å². The van der Waals surface area contributed by atoms with Crippen molar-refractivity contribution in [3.05, 3.63) is 0 Å². The van der Waals surface area contributed by atoms with Crippen LogP contribution in [-0.2, 0) is 9.47 Å². The minimum absolute atomic E-state index is 0.256. The molecule has 2 bridgehead atoms. The maximum absolute atomic E-state index is 9.99. The number of ether oxygens (including phenoxy) is 2. The summed E-state index contributed by atoms with van der Waals surface area (Å²) in [6.07, 6.45) is 4.56. The molecule has 3 aliphatic rings. The number of hydrogen-bond acceptors (Lipinski definition) is 6. The summed E-state index contributed by atoms with van der Waals surface area (Å²) >= 11 is 0. The molecule has 0 spiro atoms. The molecule has 1 aliphatic carbocycles. The summed E-state index contributed by atoms with van der Waals surface area (Å²) in [5, 5.41) is 38.1. The predicted octanol–water partition coefficient (Wildman–Crippen LogP) is 3.01. The van der Waals surface area contributed by atoms with E-state index in [9.17, 15) is 15.8 Å². The van der Waals surface area contributed by atoms with Crippen LogP contribution in [0.4, 0.5) is 0 Å². The number of nitrogens with one attached hydrogen (secondary N) is 1. The highest BCUT2D eigenvalue weighted by Gasteiger charge is 2.79. The Kier molecular flexibility index (Phi) is 3.58. The molecule has 3 fully saturated rings. The average Bonchev–Trinajstić information content (AvgIpc) is 2.78. The highest BCUT2D eigenvalue weighted by Crippen LogP contribution is 2.66. The molecular weight excluding hydrogens is 292 g/mol. The molecule has 2 aliphatic heterocycles. The molecule has 23 heavy (non-hydrogen) atoms. The summed E-state index contributed by atoms with van der Waals surface area (Å²) in [5.74, 6) is -1.67. The zero-order valence-electron chi connectivity index (χ0n) is 13.3.